The molecule has 6 aromatic carbocycles. The third kappa shape index (κ3) is 7.85. The van der Waals surface area contributed by atoms with E-state index in [1.807, 2.05) is 94.8 Å². The molecule has 14 heteroatoms. The molecule has 8 heterocycles. The molecule has 10 aromatic rings. The summed E-state index contributed by atoms with van der Waals surface area (Å²) in [7, 11) is 0. The Morgan fingerprint density at radius 3 is 1.40 bits per heavy atom. The molecule has 5 aliphatic rings. The van der Waals surface area contributed by atoms with E-state index in [0.29, 0.717) is 52.6 Å². The van der Waals surface area contributed by atoms with Crippen molar-refractivity contribution in [3.63, 3.8) is 0 Å². The maximum atomic E-state index is 6.59. The molecule has 10 nitrogen and oxygen atoms in total. The van der Waals surface area contributed by atoms with Gasteiger partial charge in [0.05, 0.1) is 24.2 Å². The number of ether oxygens (including phenoxy) is 4. The number of pyridine rings is 2. The van der Waals surface area contributed by atoms with Gasteiger partial charge in [-0.05, 0) is 111 Å². The monoisotopic (exact) mass is 1360 g/mol. The fourth-order valence-corrected chi connectivity index (χ4v) is 12.0. The van der Waals surface area contributed by atoms with Gasteiger partial charge in [-0.15, -0.1) is 46.1 Å². The predicted molar refractivity (Wildman–Crippen MR) is 291 cm³/mol. The van der Waals surface area contributed by atoms with Crippen molar-refractivity contribution in [2.45, 2.75) is 48.0 Å². The summed E-state index contributed by atoms with van der Waals surface area (Å²) in [5.74, 6) is 5.20. The fraction of sp³-hybridized carbons (Fsp3) is 0.111. The van der Waals surface area contributed by atoms with E-state index in [2.05, 4.69) is 102 Å². The normalized spacial score (nSPS) is 13.6. The molecule has 0 unspecified atom stereocenters. The largest absolute Gasteiger partial charge is 0.503 e. The first-order chi connectivity index (χ1) is 36.6. The van der Waals surface area contributed by atoms with Gasteiger partial charge in [-0.1, -0.05) is 59.9 Å². The Labute approximate surface area is 475 Å². The number of allylic oxidation sites excluding steroid dienone is 4. The van der Waals surface area contributed by atoms with Gasteiger partial charge in [0.25, 0.3) is 0 Å². The first-order valence-corrected chi connectivity index (χ1v) is 25.0. The molecule has 4 aromatic heterocycles. The van der Waals surface area contributed by atoms with Crippen LogP contribution in [0.15, 0.2) is 122 Å². The maximum Gasteiger partial charge on any atom is 0.215 e. The van der Waals surface area contributed by atoms with Gasteiger partial charge in [0.15, 0.2) is 0 Å². The van der Waals surface area contributed by atoms with Crippen molar-refractivity contribution < 1.29 is 61.1 Å². The quantitative estimate of drug-likeness (QED) is 0.120. The minimum absolute atomic E-state index is 0. The average molecular weight is 1360 g/mol. The molecular weight excluding hydrogens is 1320 g/mol. The van der Waals surface area contributed by atoms with Gasteiger partial charge in [0.1, 0.15) is 23.0 Å². The Morgan fingerprint density at radius 1 is 0.481 bits per heavy atom. The van der Waals surface area contributed by atoms with E-state index < -0.39 is 0 Å². The first-order valence-electron chi connectivity index (χ1n) is 25.0. The van der Waals surface area contributed by atoms with Gasteiger partial charge in [-0.25, -0.2) is 0 Å². The van der Waals surface area contributed by atoms with E-state index in [-0.39, 0.29) is 55.6 Å². The third-order valence-corrected chi connectivity index (χ3v) is 15.0. The molecule has 378 valence electrons. The Hall–Kier alpha value is -7.77. The zero-order valence-electron chi connectivity index (χ0n) is 42.4. The standard InChI is InChI=1S/C63H40B2N6O4.2Pt/c1-34-19-36(3)58(37(4)20-34)44-28-68-70(32-44)46-26-50-62(66-30-46)74-56-11-7-9-54-60(56)64(50)48-24-42(15-17-52(48)72-54)40-13-14-41(23-40)43-16-18-53-49(25-43)65-51-27-47(31-67-63(51)75-57-12-8-10-55(73-53)61(57)65)71-33-45(29-69-71)59-38(5)21-35(2)22-39(59)6;;/h7-12,15-22,28-33H,13H2,1-6H3;;/q-6;;. The predicted octanol–water partition coefficient (Wildman–Crippen LogP) is 9.16. The van der Waals surface area contributed by atoms with Gasteiger partial charge in [-0.2, -0.15) is 34.3 Å². The van der Waals surface area contributed by atoms with E-state index in [1.54, 1.807) is 12.4 Å². The van der Waals surface area contributed by atoms with Crippen LogP contribution in [-0.2, 0) is 42.1 Å². The second kappa shape index (κ2) is 18.5. The van der Waals surface area contributed by atoms with Crippen molar-refractivity contribution in [3.8, 4) is 79.9 Å². The molecule has 15 rings (SSSR count). The van der Waals surface area contributed by atoms with Gasteiger partial charge in [-0.3, -0.25) is 27.1 Å². The Kier molecular flexibility index (Phi) is 11.7. The smallest absolute Gasteiger partial charge is 0.215 e. The van der Waals surface area contributed by atoms with E-state index >= 15 is 0 Å². The van der Waals surface area contributed by atoms with Gasteiger partial charge < -0.3 is 52.2 Å². The molecule has 0 bridgehead atoms. The molecule has 0 amide bonds. The van der Waals surface area contributed by atoms with Crippen LogP contribution in [0.4, 0.5) is 0 Å². The number of fused-ring (bicyclic) bond motifs is 8. The topological polar surface area (TPSA) is 98.3 Å². The number of aryl methyl sites for hydroxylation is 6. The summed E-state index contributed by atoms with van der Waals surface area (Å²) in [4.78, 5) is 9.75. The molecule has 0 atom stereocenters. The van der Waals surface area contributed by atoms with Crippen molar-refractivity contribution >= 4 is 57.3 Å². The van der Waals surface area contributed by atoms with Gasteiger partial charge >= 0.3 is 0 Å². The molecular formula is C63H40B2N6O4Pt2-6. The molecule has 0 radical (unpaired) electrons. The third-order valence-electron chi connectivity index (χ3n) is 15.0. The second-order valence-electron chi connectivity index (χ2n) is 20.1. The van der Waals surface area contributed by atoms with Crippen LogP contribution in [-0.4, -0.2) is 43.0 Å². The van der Waals surface area contributed by atoms with Crippen LogP contribution >= 0.6 is 0 Å². The number of hydrogen-bond donors (Lipinski definition) is 0. The summed E-state index contributed by atoms with van der Waals surface area (Å²) >= 11 is 0. The first kappa shape index (κ1) is 48.8. The molecule has 4 aliphatic heterocycles. The molecule has 77 heavy (non-hydrogen) atoms. The van der Waals surface area contributed by atoms with E-state index in [9.17, 15) is 0 Å². The van der Waals surface area contributed by atoms with Crippen LogP contribution in [0, 0.1) is 78.0 Å². The Bertz CT molecular complexity index is 4160. The van der Waals surface area contributed by atoms with Crippen LogP contribution in [0.2, 0.25) is 0 Å². The summed E-state index contributed by atoms with van der Waals surface area (Å²) < 4.78 is 29.8. The number of rotatable bonds is 6. The number of hydrogen-bond acceptors (Lipinski definition) is 8. The maximum absolute atomic E-state index is 6.59. The Balaban J connectivity index is 0.00000283. The number of benzene rings is 6. The Morgan fingerprint density at radius 2 is 0.922 bits per heavy atom. The molecule has 1 aliphatic carbocycles. The van der Waals surface area contributed by atoms with E-state index in [0.717, 1.165) is 77.7 Å². The van der Waals surface area contributed by atoms with E-state index in [1.165, 1.54) is 44.5 Å². The molecule has 0 spiro atoms. The average Bonchev–Trinajstić information content (AvgIpc) is 4.22. The van der Waals surface area contributed by atoms with Crippen LogP contribution in [0.3, 0.4) is 0 Å². The SMILES string of the molecule is Cc1cc(C)c(-c2cnn(-c3[c-]c4c(nc3)Oc3cccc5c3B4c3[c-]c(C4=[C-]CC(c6[c-]c7c(cc6)Oc6cccc8c6B7c6[c-]c(-n7cc(-c9c(C)cc(C)cc9C)cn7)cnc6O8)=[C-]4)ccc3O5)c2)c(C)c1.[Pt].[Pt]. The zero-order chi connectivity index (χ0) is 50.4. The summed E-state index contributed by atoms with van der Waals surface area (Å²) in [6, 6.07) is 43.6. The number of nitrogens with zero attached hydrogens (tertiary/aromatic N) is 6. The van der Waals surface area contributed by atoms with E-state index in [4.69, 9.17) is 39.1 Å². The van der Waals surface area contributed by atoms with Crippen molar-refractivity contribution in [2.24, 2.45) is 0 Å². The van der Waals surface area contributed by atoms with Crippen molar-refractivity contribution in [1.29, 1.82) is 0 Å². The summed E-state index contributed by atoms with van der Waals surface area (Å²) in [6.45, 7) is 12.2. The second-order valence-corrected chi connectivity index (χ2v) is 20.1. The molecule has 0 fully saturated rings. The summed E-state index contributed by atoms with van der Waals surface area (Å²) in [5, 5.41) is 9.61. The van der Waals surface area contributed by atoms with Gasteiger partial charge in [0, 0.05) is 88.1 Å². The summed E-state index contributed by atoms with van der Waals surface area (Å²) in [6.07, 6.45) is 19.3. The van der Waals surface area contributed by atoms with Crippen LogP contribution in [0.1, 0.15) is 50.9 Å². The summed E-state index contributed by atoms with van der Waals surface area (Å²) in [5.41, 5.74) is 21.7. The molecule has 0 saturated heterocycles. The van der Waals surface area contributed by atoms with Gasteiger partial charge in [0.2, 0.25) is 13.4 Å². The van der Waals surface area contributed by atoms with Crippen molar-refractivity contribution in [1.82, 2.24) is 29.5 Å². The molecule has 0 saturated carbocycles. The van der Waals surface area contributed by atoms with Crippen LogP contribution in [0.25, 0.3) is 44.8 Å². The van der Waals surface area contributed by atoms with Crippen LogP contribution in [0.5, 0.6) is 46.3 Å². The minimum Gasteiger partial charge on any atom is -0.503 e. The van der Waals surface area contributed by atoms with Crippen LogP contribution < -0.4 is 51.7 Å². The zero-order valence-corrected chi connectivity index (χ0v) is 46.9. The van der Waals surface area contributed by atoms with Crippen molar-refractivity contribution in [2.75, 3.05) is 0 Å². The fourth-order valence-electron chi connectivity index (χ4n) is 12.0. The van der Waals surface area contributed by atoms with Crippen molar-refractivity contribution in [3.05, 3.63) is 203 Å². The minimum atomic E-state index is -0.328. The number of aromatic nitrogens is 6. The molecule has 0 N–H and O–H groups in total.